The Labute approximate surface area is 411 Å². The largest absolute Gasteiger partial charge is 0.467 e. The van der Waals surface area contributed by atoms with Crippen LogP contribution < -0.4 is 31.9 Å². The molecular formula is C52H60N6O13. The number of para-hydroxylation sites is 3. The summed E-state index contributed by atoms with van der Waals surface area (Å²) >= 11 is 0. The van der Waals surface area contributed by atoms with Gasteiger partial charge in [-0.3, -0.25) is 43.2 Å². The monoisotopic (exact) mass is 976 g/mol. The number of rotatable bonds is 30. The zero-order valence-corrected chi connectivity index (χ0v) is 40.0. The highest BCUT2D eigenvalue weighted by atomic mass is 16.5. The van der Waals surface area contributed by atoms with E-state index in [-0.39, 0.29) is 65.5 Å². The van der Waals surface area contributed by atoms with Gasteiger partial charge >= 0.3 is 11.9 Å². The highest BCUT2D eigenvalue weighted by Crippen LogP contribution is 2.22. The van der Waals surface area contributed by atoms with E-state index in [9.17, 15) is 52.7 Å². The zero-order valence-electron chi connectivity index (χ0n) is 40.0. The minimum absolute atomic E-state index is 0.00218. The van der Waals surface area contributed by atoms with E-state index in [1.807, 2.05) is 6.92 Å². The number of ether oxygens (including phenoxy) is 2. The van der Waals surface area contributed by atoms with Crippen molar-refractivity contribution in [1.29, 1.82) is 0 Å². The summed E-state index contributed by atoms with van der Waals surface area (Å²) in [6, 6.07) is 13.6. The summed E-state index contributed by atoms with van der Waals surface area (Å²) in [6.45, 7) is 13.6. The lowest BCUT2D eigenvalue weighted by Crippen LogP contribution is -2.53. The number of amides is 6. The fourth-order valence-electron chi connectivity index (χ4n) is 6.93. The van der Waals surface area contributed by atoms with E-state index in [4.69, 9.17) is 9.47 Å². The molecule has 0 aliphatic carbocycles. The van der Waals surface area contributed by atoms with Gasteiger partial charge in [0.2, 0.25) is 35.4 Å². The zero-order chi connectivity index (χ0) is 52.5. The average Bonchev–Trinajstić information content (AvgIpc) is 3.35. The average molecular weight is 977 g/mol. The quantitative estimate of drug-likeness (QED) is 0.0280. The van der Waals surface area contributed by atoms with Gasteiger partial charge in [-0.15, -0.1) is 0 Å². The number of ketones is 3. The number of hydrogen-bond donors (Lipinski definition) is 6. The Balaban J connectivity index is 1.74. The molecule has 0 bridgehead atoms. The minimum atomic E-state index is -1.66. The van der Waals surface area contributed by atoms with Gasteiger partial charge in [0.1, 0.15) is 18.1 Å². The van der Waals surface area contributed by atoms with Crippen molar-refractivity contribution in [2.45, 2.75) is 89.8 Å². The Hall–Kier alpha value is -8.35. The topological polar surface area (TPSA) is 278 Å². The van der Waals surface area contributed by atoms with Crippen LogP contribution in [0.3, 0.4) is 0 Å². The maximum atomic E-state index is 14.1. The second-order valence-corrected chi connectivity index (χ2v) is 16.1. The number of anilines is 3. The normalized spacial score (nSPS) is 12.2. The Morgan fingerprint density at radius 3 is 1.35 bits per heavy atom. The molecule has 71 heavy (non-hydrogen) atoms. The van der Waals surface area contributed by atoms with Crippen LogP contribution in [0.5, 0.6) is 0 Å². The number of carbonyl (C=O) groups is 11. The third-order valence-electron chi connectivity index (χ3n) is 10.7. The van der Waals surface area contributed by atoms with Gasteiger partial charge in [0.15, 0.2) is 17.3 Å². The molecule has 3 aromatic rings. The first kappa shape index (κ1) is 57.0. The van der Waals surface area contributed by atoms with Crippen molar-refractivity contribution < 1.29 is 62.2 Å². The van der Waals surface area contributed by atoms with Gasteiger partial charge in [0, 0.05) is 48.8 Å². The predicted octanol–water partition coefficient (Wildman–Crippen LogP) is 5.35. The molecular weight excluding hydrogens is 917 g/mol. The van der Waals surface area contributed by atoms with Crippen LogP contribution in [0, 0.1) is 5.92 Å². The molecule has 0 aliphatic rings. The molecule has 0 fully saturated rings. The molecule has 0 aromatic heterocycles. The van der Waals surface area contributed by atoms with Gasteiger partial charge in [0.25, 0.3) is 0 Å². The molecule has 6 amide bonds. The molecule has 0 saturated heterocycles. The van der Waals surface area contributed by atoms with Crippen molar-refractivity contribution in [3.8, 4) is 0 Å². The van der Waals surface area contributed by atoms with E-state index in [0.29, 0.717) is 19.3 Å². The maximum absolute atomic E-state index is 14.1. The third-order valence-corrected chi connectivity index (χ3v) is 10.7. The lowest BCUT2D eigenvalue weighted by atomic mass is 9.99. The number of hydrogen-bond acceptors (Lipinski definition) is 13. The number of nitrogens with one attached hydrogen (secondary N) is 6. The van der Waals surface area contributed by atoms with E-state index in [1.165, 1.54) is 42.5 Å². The van der Waals surface area contributed by atoms with Crippen LogP contribution >= 0.6 is 0 Å². The van der Waals surface area contributed by atoms with Crippen molar-refractivity contribution in [2.75, 3.05) is 29.7 Å². The van der Waals surface area contributed by atoms with Crippen molar-refractivity contribution >= 4 is 81.8 Å². The van der Waals surface area contributed by atoms with Crippen molar-refractivity contribution in [2.24, 2.45) is 5.92 Å². The highest BCUT2D eigenvalue weighted by molar-refractivity contribution is 6.11. The molecule has 0 heterocycles. The Morgan fingerprint density at radius 1 is 0.535 bits per heavy atom. The van der Waals surface area contributed by atoms with Gasteiger partial charge in [-0.25, -0.2) is 9.59 Å². The summed E-state index contributed by atoms with van der Waals surface area (Å²) in [4.78, 5) is 143. The summed E-state index contributed by atoms with van der Waals surface area (Å²) in [6.07, 6.45) is 2.69. The summed E-state index contributed by atoms with van der Waals surface area (Å²) in [5.74, 6) is -7.76. The molecule has 6 N–H and O–H groups in total. The van der Waals surface area contributed by atoms with E-state index in [1.54, 1.807) is 37.3 Å². The molecule has 3 aromatic carbocycles. The van der Waals surface area contributed by atoms with E-state index in [2.05, 4.69) is 51.6 Å². The Bertz CT molecular complexity index is 2500. The highest BCUT2D eigenvalue weighted by Gasteiger charge is 2.33. The first-order chi connectivity index (χ1) is 33.9. The van der Waals surface area contributed by atoms with Gasteiger partial charge in [-0.2, -0.15) is 0 Å². The van der Waals surface area contributed by atoms with Crippen molar-refractivity contribution in [1.82, 2.24) is 16.0 Å². The predicted molar refractivity (Wildman–Crippen MR) is 264 cm³/mol. The second kappa shape index (κ2) is 29.5. The first-order valence-corrected chi connectivity index (χ1v) is 22.7. The van der Waals surface area contributed by atoms with E-state index >= 15 is 0 Å². The van der Waals surface area contributed by atoms with Crippen LogP contribution in [0.2, 0.25) is 0 Å². The molecule has 4 unspecified atom stereocenters. The number of methoxy groups -OCH3 is 1. The number of Topliss-reactive ketones (excluding diaryl/α,β-unsaturated/α-hetero) is 3. The number of benzene rings is 3. The molecule has 0 spiro atoms. The van der Waals surface area contributed by atoms with Crippen LogP contribution in [-0.2, 0) is 47.8 Å². The van der Waals surface area contributed by atoms with Gasteiger partial charge in [0.05, 0.1) is 30.8 Å². The number of carbonyl (C=O) groups excluding carboxylic acids is 11. The van der Waals surface area contributed by atoms with Crippen molar-refractivity contribution in [3.63, 3.8) is 0 Å². The molecule has 376 valence electrons. The van der Waals surface area contributed by atoms with Crippen LogP contribution in [0.4, 0.5) is 17.1 Å². The maximum Gasteiger partial charge on any atom is 0.329 e. The summed E-state index contributed by atoms with van der Waals surface area (Å²) in [5.41, 5.74) is 0.565. The van der Waals surface area contributed by atoms with Gasteiger partial charge in [-0.05, 0) is 79.8 Å². The molecule has 0 radical (unpaired) electrons. The van der Waals surface area contributed by atoms with Crippen LogP contribution in [0.15, 0.2) is 111 Å². The fraction of sp³-hybridized carbons (Fsp3) is 0.327. The summed E-state index contributed by atoms with van der Waals surface area (Å²) < 4.78 is 10.4. The second-order valence-electron chi connectivity index (χ2n) is 16.1. The van der Waals surface area contributed by atoms with Crippen molar-refractivity contribution in [3.05, 3.63) is 127 Å². The van der Waals surface area contributed by atoms with Gasteiger partial charge in [-0.1, -0.05) is 76.4 Å². The van der Waals surface area contributed by atoms with E-state index < -0.39 is 102 Å². The standard InChI is InChI=1S/C52H60N6O13/c1-7-18-48(65)56-39(29-42(59)33-20-11-14-23-36(33)53-45(62)8-2)50(67)58-41(31-44(61)35-22-13-16-25-38(35)55-47(64)10-4)52(69)71-28-27-32(5)19-17-26-49(66)57-40(51(68)70-6)30-43(60)34-21-12-15-24-37(34)54-46(63)9-3/h8-16,20-25,32,39-41H,2-4,7,17-19,26-31H2,1,5-6H3,(H,53,62)(H,54,63)(H,55,64)(H,56,65)(H,57,66)(H,58,67). The minimum Gasteiger partial charge on any atom is -0.467 e. The first-order valence-electron chi connectivity index (χ1n) is 22.7. The van der Waals surface area contributed by atoms with Crippen LogP contribution in [0.1, 0.15) is 103 Å². The molecule has 3 rings (SSSR count). The molecule has 0 saturated carbocycles. The van der Waals surface area contributed by atoms with Crippen LogP contribution in [-0.4, -0.2) is 96.6 Å². The van der Waals surface area contributed by atoms with Gasteiger partial charge < -0.3 is 41.4 Å². The smallest absolute Gasteiger partial charge is 0.329 e. The molecule has 19 nitrogen and oxygen atoms in total. The lowest BCUT2D eigenvalue weighted by Gasteiger charge is -2.23. The van der Waals surface area contributed by atoms with E-state index in [0.717, 1.165) is 25.3 Å². The molecule has 4 atom stereocenters. The Kier molecular flexibility index (Phi) is 23.7. The Morgan fingerprint density at radius 2 is 0.930 bits per heavy atom. The fourth-order valence-corrected chi connectivity index (χ4v) is 6.93. The van der Waals surface area contributed by atoms with Crippen LogP contribution in [0.25, 0.3) is 0 Å². The number of esters is 2. The lowest BCUT2D eigenvalue weighted by molar-refractivity contribution is -0.148. The molecule has 0 aliphatic heterocycles. The third kappa shape index (κ3) is 18.9. The molecule has 19 heteroatoms. The summed E-state index contributed by atoms with van der Waals surface area (Å²) in [7, 11) is 1.11. The SMILES string of the molecule is C=CC(=O)Nc1ccccc1C(=O)CC(NC(=O)CCC)C(=O)NC(CC(=O)c1ccccc1NC(=O)C=C)C(=O)OCCC(C)CCCC(=O)NC(CC(=O)c1ccccc1NC(=O)C=C)C(=O)OC. The summed E-state index contributed by atoms with van der Waals surface area (Å²) in [5, 5.41) is 15.2.